The third kappa shape index (κ3) is 4.61. The second kappa shape index (κ2) is 7.40. The highest BCUT2D eigenvalue weighted by molar-refractivity contribution is 6.31. The van der Waals surface area contributed by atoms with E-state index in [0.717, 1.165) is 12.1 Å². The van der Waals surface area contributed by atoms with E-state index in [1.165, 1.54) is 17.2 Å². The summed E-state index contributed by atoms with van der Waals surface area (Å²) in [4.78, 5) is 17.5. The Morgan fingerprint density at radius 2 is 2.12 bits per heavy atom. The Balaban J connectivity index is 2.12. The lowest BCUT2D eigenvalue weighted by molar-refractivity contribution is -0.137. The van der Waals surface area contributed by atoms with Crippen molar-refractivity contribution >= 4 is 29.0 Å². The van der Waals surface area contributed by atoms with Gasteiger partial charge in [0, 0.05) is 18.9 Å². The van der Waals surface area contributed by atoms with Crippen LogP contribution in [0.15, 0.2) is 36.5 Å². The van der Waals surface area contributed by atoms with Gasteiger partial charge in [-0.1, -0.05) is 11.6 Å². The molecule has 5 nitrogen and oxygen atoms in total. The number of nitrogens with one attached hydrogen (secondary N) is 1. The summed E-state index contributed by atoms with van der Waals surface area (Å²) in [5, 5.41) is 11.0. The average molecular weight is 369 g/mol. The van der Waals surface area contributed by atoms with Gasteiger partial charge in [-0.2, -0.15) is 18.4 Å². The Hall–Kier alpha value is -2.79. The summed E-state index contributed by atoms with van der Waals surface area (Å²) in [5.74, 6) is -0.264. The number of likely N-dealkylation sites (N-methyl/N-ethyl adjacent to an activating group) is 1. The van der Waals surface area contributed by atoms with E-state index in [0.29, 0.717) is 5.82 Å². The van der Waals surface area contributed by atoms with Crippen molar-refractivity contribution in [3.63, 3.8) is 0 Å². The molecule has 0 bridgehead atoms. The summed E-state index contributed by atoms with van der Waals surface area (Å²) in [6.45, 7) is -0.199. The van der Waals surface area contributed by atoms with Gasteiger partial charge in [0.1, 0.15) is 11.9 Å². The van der Waals surface area contributed by atoms with Crippen LogP contribution in [0.2, 0.25) is 5.02 Å². The molecule has 0 unspecified atom stereocenters. The molecule has 1 N–H and O–H groups in total. The monoisotopic (exact) mass is 368 g/mol. The van der Waals surface area contributed by atoms with Crippen molar-refractivity contribution in [2.45, 2.75) is 6.18 Å². The lowest BCUT2D eigenvalue weighted by Gasteiger charge is -2.19. The fourth-order valence-corrected chi connectivity index (χ4v) is 2.32. The van der Waals surface area contributed by atoms with Gasteiger partial charge < -0.3 is 10.2 Å². The number of aromatic nitrogens is 1. The molecule has 0 aliphatic rings. The molecule has 0 atom stereocenters. The maximum absolute atomic E-state index is 12.8. The quantitative estimate of drug-likeness (QED) is 0.893. The molecule has 25 heavy (non-hydrogen) atoms. The predicted molar refractivity (Wildman–Crippen MR) is 87.3 cm³/mol. The molecule has 1 amide bonds. The van der Waals surface area contributed by atoms with Crippen molar-refractivity contribution in [2.24, 2.45) is 0 Å². The van der Waals surface area contributed by atoms with Crippen LogP contribution < -0.4 is 10.2 Å². The first-order valence-electron chi connectivity index (χ1n) is 6.95. The molecule has 2 aromatic rings. The lowest BCUT2D eigenvalue weighted by atomic mass is 10.2. The number of hydrogen-bond donors (Lipinski definition) is 1. The number of carbonyl (C=O) groups is 1. The molecule has 1 aromatic carbocycles. The Morgan fingerprint density at radius 3 is 2.76 bits per heavy atom. The molecule has 130 valence electrons. The van der Waals surface area contributed by atoms with E-state index in [1.807, 2.05) is 6.07 Å². The minimum absolute atomic E-state index is 0.0309. The SMILES string of the molecule is CN(CC(=O)Nc1ccc(Cl)c(C(F)(F)F)c1)c1ncccc1C#N. The molecule has 0 saturated heterocycles. The Bertz CT molecular complexity index is 833. The van der Waals surface area contributed by atoms with E-state index >= 15 is 0 Å². The van der Waals surface area contributed by atoms with Gasteiger partial charge in [0.25, 0.3) is 0 Å². The van der Waals surface area contributed by atoms with Gasteiger partial charge in [0.05, 0.1) is 22.7 Å². The van der Waals surface area contributed by atoms with E-state index in [2.05, 4.69) is 10.3 Å². The van der Waals surface area contributed by atoms with E-state index in [-0.39, 0.29) is 17.8 Å². The third-order valence-corrected chi connectivity index (χ3v) is 3.53. The van der Waals surface area contributed by atoms with Crippen molar-refractivity contribution in [3.8, 4) is 6.07 Å². The van der Waals surface area contributed by atoms with Crippen molar-refractivity contribution in [1.82, 2.24) is 4.98 Å². The van der Waals surface area contributed by atoms with Gasteiger partial charge in [0.2, 0.25) is 5.91 Å². The van der Waals surface area contributed by atoms with Gasteiger partial charge >= 0.3 is 6.18 Å². The summed E-state index contributed by atoms with van der Waals surface area (Å²) >= 11 is 5.54. The normalized spacial score (nSPS) is 10.9. The smallest absolute Gasteiger partial charge is 0.349 e. The summed E-state index contributed by atoms with van der Waals surface area (Å²) in [6.07, 6.45) is -3.15. The Labute approximate surface area is 146 Å². The van der Waals surface area contributed by atoms with Crippen LogP contribution >= 0.6 is 11.6 Å². The van der Waals surface area contributed by atoms with Gasteiger partial charge in [-0.25, -0.2) is 4.98 Å². The highest BCUT2D eigenvalue weighted by atomic mass is 35.5. The third-order valence-electron chi connectivity index (χ3n) is 3.20. The minimum Gasteiger partial charge on any atom is -0.349 e. The number of benzene rings is 1. The molecule has 1 heterocycles. The number of halogens is 4. The first-order valence-corrected chi connectivity index (χ1v) is 7.33. The number of nitriles is 1. The number of nitrogens with zero attached hydrogens (tertiary/aromatic N) is 3. The maximum Gasteiger partial charge on any atom is 0.417 e. The van der Waals surface area contributed by atoms with Gasteiger partial charge in [-0.15, -0.1) is 0 Å². The Morgan fingerprint density at radius 1 is 1.40 bits per heavy atom. The molecular formula is C16H12ClF3N4O. The average Bonchev–Trinajstić information content (AvgIpc) is 2.55. The van der Waals surface area contributed by atoms with Crippen molar-refractivity contribution in [2.75, 3.05) is 23.8 Å². The van der Waals surface area contributed by atoms with Crippen LogP contribution in [0.1, 0.15) is 11.1 Å². The van der Waals surface area contributed by atoms with Gasteiger partial charge in [-0.05, 0) is 30.3 Å². The largest absolute Gasteiger partial charge is 0.417 e. The second-order valence-corrected chi connectivity index (χ2v) is 5.49. The van der Waals surface area contributed by atoms with Crippen molar-refractivity contribution < 1.29 is 18.0 Å². The predicted octanol–water partition coefficient (Wildman–Crippen LogP) is 3.70. The van der Waals surface area contributed by atoms with Crippen LogP contribution in [0.4, 0.5) is 24.7 Å². The molecule has 0 saturated carbocycles. The number of anilines is 2. The van der Waals surface area contributed by atoms with Gasteiger partial charge in [-0.3, -0.25) is 4.79 Å². The molecule has 0 aliphatic heterocycles. The van der Waals surface area contributed by atoms with Crippen molar-refractivity contribution in [3.05, 3.63) is 52.7 Å². The zero-order valence-electron chi connectivity index (χ0n) is 12.9. The first-order chi connectivity index (χ1) is 11.7. The fraction of sp³-hybridized carbons (Fsp3) is 0.188. The standard InChI is InChI=1S/C16H12ClF3N4O/c1-24(15-10(8-21)3-2-6-22-15)9-14(25)23-11-4-5-13(17)12(7-11)16(18,19)20/h2-7H,9H2,1H3,(H,23,25). The molecule has 0 aliphatic carbocycles. The van der Waals surface area contributed by atoms with E-state index < -0.39 is 22.7 Å². The number of carbonyl (C=O) groups excluding carboxylic acids is 1. The molecule has 0 spiro atoms. The summed E-state index contributed by atoms with van der Waals surface area (Å²) in [6, 6.07) is 8.19. The number of hydrogen-bond acceptors (Lipinski definition) is 4. The molecule has 2 rings (SSSR count). The fourth-order valence-electron chi connectivity index (χ4n) is 2.10. The summed E-state index contributed by atoms with van der Waals surface area (Å²) in [5.41, 5.74) is -0.780. The highest BCUT2D eigenvalue weighted by Crippen LogP contribution is 2.36. The van der Waals surface area contributed by atoms with Crippen LogP contribution in [-0.2, 0) is 11.0 Å². The molecule has 1 aromatic heterocycles. The first kappa shape index (κ1) is 18.5. The number of amides is 1. The van der Waals surface area contributed by atoms with E-state index in [9.17, 15) is 18.0 Å². The number of pyridine rings is 1. The van der Waals surface area contributed by atoms with Crippen LogP contribution in [0, 0.1) is 11.3 Å². The molecule has 0 fully saturated rings. The molecular weight excluding hydrogens is 357 g/mol. The summed E-state index contributed by atoms with van der Waals surface area (Å²) < 4.78 is 38.5. The van der Waals surface area contributed by atoms with Crippen LogP contribution in [0.3, 0.4) is 0 Å². The van der Waals surface area contributed by atoms with E-state index in [1.54, 1.807) is 19.2 Å². The Kier molecular flexibility index (Phi) is 5.49. The topological polar surface area (TPSA) is 69.0 Å². The highest BCUT2D eigenvalue weighted by Gasteiger charge is 2.33. The van der Waals surface area contributed by atoms with Gasteiger partial charge in [0.15, 0.2) is 0 Å². The van der Waals surface area contributed by atoms with Crippen LogP contribution in [0.25, 0.3) is 0 Å². The number of alkyl halides is 3. The number of rotatable bonds is 4. The maximum atomic E-state index is 12.8. The van der Waals surface area contributed by atoms with Crippen molar-refractivity contribution in [1.29, 1.82) is 5.26 Å². The second-order valence-electron chi connectivity index (χ2n) is 5.08. The van der Waals surface area contributed by atoms with Crippen LogP contribution in [0.5, 0.6) is 0 Å². The zero-order chi connectivity index (χ0) is 18.6. The molecule has 9 heteroatoms. The minimum atomic E-state index is -4.62. The zero-order valence-corrected chi connectivity index (χ0v) is 13.7. The van der Waals surface area contributed by atoms with E-state index in [4.69, 9.17) is 16.9 Å². The molecule has 0 radical (unpaired) electrons. The van der Waals surface area contributed by atoms with Crippen LogP contribution in [-0.4, -0.2) is 24.5 Å². The summed E-state index contributed by atoms with van der Waals surface area (Å²) in [7, 11) is 1.55. The lowest BCUT2D eigenvalue weighted by Crippen LogP contribution is -2.31.